The van der Waals surface area contributed by atoms with E-state index in [1.54, 1.807) is 38.3 Å². The van der Waals surface area contributed by atoms with E-state index in [1.807, 2.05) is 0 Å². The summed E-state index contributed by atoms with van der Waals surface area (Å²) < 4.78 is 25.3. The fourth-order valence-electron chi connectivity index (χ4n) is 2.47. The lowest BCUT2D eigenvalue weighted by atomic mass is 10.0. The zero-order chi connectivity index (χ0) is 15.9. The van der Waals surface area contributed by atoms with Gasteiger partial charge in [0.15, 0.2) is 11.6 Å². The number of benzene rings is 2. The van der Waals surface area contributed by atoms with Crippen molar-refractivity contribution in [2.24, 2.45) is 0 Å². The van der Waals surface area contributed by atoms with Gasteiger partial charge in [-0.05, 0) is 48.9 Å². The van der Waals surface area contributed by atoms with Gasteiger partial charge in [0.1, 0.15) is 11.3 Å². The number of rotatable bonds is 3. The van der Waals surface area contributed by atoms with Gasteiger partial charge in [0.05, 0.1) is 18.1 Å². The summed E-state index contributed by atoms with van der Waals surface area (Å²) in [5.41, 5.74) is 1.30. The summed E-state index contributed by atoms with van der Waals surface area (Å²) in [5.74, 6) is -0.903. The molecule has 0 bridgehead atoms. The van der Waals surface area contributed by atoms with Crippen LogP contribution in [0.4, 0.5) is 4.39 Å². The average Bonchev–Trinajstić information content (AvgIpc) is 2.85. The lowest BCUT2D eigenvalue weighted by Gasteiger charge is -2.01. The summed E-state index contributed by atoms with van der Waals surface area (Å²) in [7, 11) is 1.55. The largest absolute Gasteiger partial charge is 0.497 e. The summed E-state index contributed by atoms with van der Waals surface area (Å²) in [5, 5.41) is 9.33. The molecule has 0 aliphatic rings. The van der Waals surface area contributed by atoms with Gasteiger partial charge in [-0.2, -0.15) is 0 Å². The first kappa shape index (κ1) is 14.1. The molecule has 0 saturated heterocycles. The molecule has 0 aliphatic carbocycles. The molecule has 1 heterocycles. The van der Waals surface area contributed by atoms with E-state index in [0.717, 1.165) is 0 Å². The molecule has 1 N–H and O–H groups in total. The Morgan fingerprint density at radius 2 is 1.86 bits per heavy atom. The third-order valence-corrected chi connectivity index (χ3v) is 3.64. The molecule has 0 amide bonds. The number of halogens is 1. The van der Waals surface area contributed by atoms with Gasteiger partial charge >= 0.3 is 5.97 Å². The Morgan fingerprint density at radius 1 is 1.18 bits per heavy atom. The number of aryl methyl sites for hydroxylation is 1. The molecule has 5 heteroatoms. The number of carboxylic acids is 1. The third-order valence-electron chi connectivity index (χ3n) is 3.64. The monoisotopic (exact) mass is 300 g/mol. The van der Waals surface area contributed by atoms with Crippen LogP contribution in [-0.2, 0) is 0 Å². The van der Waals surface area contributed by atoms with Crippen LogP contribution in [0.25, 0.3) is 22.3 Å². The van der Waals surface area contributed by atoms with Crippen molar-refractivity contribution >= 4 is 16.9 Å². The minimum Gasteiger partial charge on any atom is -0.497 e. The molecule has 4 nitrogen and oxygen atoms in total. The van der Waals surface area contributed by atoms with Crippen LogP contribution in [0.2, 0.25) is 0 Å². The van der Waals surface area contributed by atoms with Crippen molar-refractivity contribution in [3.63, 3.8) is 0 Å². The lowest BCUT2D eigenvalue weighted by molar-refractivity contribution is 0.0696. The first-order valence-corrected chi connectivity index (χ1v) is 6.62. The van der Waals surface area contributed by atoms with E-state index in [0.29, 0.717) is 22.5 Å². The summed E-state index contributed by atoms with van der Waals surface area (Å²) in [4.78, 5) is 11.2. The second-order valence-electron chi connectivity index (χ2n) is 4.89. The van der Waals surface area contributed by atoms with Crippen LogP contribution >= 0.6 is 0 Å². The first-order valence-electron chi connectivity index (χ1n) is 6.62. The molecule has 3 aromatic rings. The van der Waals surface area contributed by atoms with Crippen LogP contribution < -0.4 is 4.74 Å². The summed E-state index contributed by atoms with van der Waals surface area (Å²) in [6.45, 7) is 1.57. The smallest absolute Gasteiger partial charge is 0.335 e. The second-order valence-corrected chi connectivity index (χ2v) is 4.89. The molecule has 0 unspecified atom stereocenters. The van der Waals surface area contributed by atoms with Gasteiger partial charge in [-0.1, -0.05) is 0 Å². The number of hydrogen-bond acceptors (Lipinski definition) is 3. The second kappa shape index (κ2) is 5.18. The van der Waals surface area contributed by atoms with Crippen molar-refractivity contribution in [3.8, 4) is 17.1 Å². The van der Waals surface area contributed by atoms with Gasteiger partial charge in [-0.3, -0.25) is 0 Å². The van der Waals surface area contributed by atoms with Crippen molar-refractivity contribution in [1.82, 2.24) is 0 Å². The zero-order valence-corrected chi connectivity index (χ0v) is 12.0. The summed E-state index contributed by atoms with van der Waals surface area (Å²) in [6.07, 6.45) is 0. The van der Waals surface area contributed by atoms with Crippen molar-refractivity contribution < 1.29 is 23.4 Å². The highest BCUT2D eigenvalue weighted by molar-refractivity contribution is 5.97. The Balaban J connectivity index is 2.21. The molecule has 1 aromatic heterocycles. The molecule has 0 radical (unpaired) electrons. The highest BCUT2D eigenvalue weighted by atomic mass is 19.1. The van der Waals surface area contributed by atoms with Gasteiger partial charge in [-0.25, -0.2) is 9.18 Å². The number of aromatic carboxylic acids is 1. The fraction of sp³-hybridized carbons (Fsp3) is 0.118. The van der Waals surface area contributed by atoms with Crippen LogP contribution in [0, 0.1) is 12.7 Å². The van der Waals surface area contributed by atoms with Crippen LogP contribution in [0.3, 0.4) is 0 Å². The van der Waals surface area contributed by atoms with Crippen LogP contribution in [0.5, 0.6) is 5.75 Å². The van der Waals surface area contributed by atoms with Gasteiger partial charge in [0, 0.05) is 5.56 Å². The molecule has 2 aromatic carbocycles. The van der Waals surface area contributed by atoms with E-state index >= 15 is 0 Å². The number of furan rings is 1. The minimum absolute atomic E-state index is 0.0634. The normalized spacial score (nSPS) is 10.9. The Kier molecular flexibility index (Phi) is 3.33. The van der Waals surface area contributed by atoms with E-state index in [-0.39, 0.29) is 16.7 Å². The van der Waals surface area contributed by atoms with E-state index in [4.69, 9.17) is 14.3 Å². The first-order chi connectivity index (χ1) is 10.5. The van der Waals surface area contributed by atoms with Gasteiger partial charge in [0.2, 0.25) is 0 Å². The Labute approximate surface area is 125 Å². The maximum absolute atomic E-state index is 14.7. The maximum Gasteiger partial charge on any atom is 0.335 e. The Bertz CT molecular complexity index is 862. The number of ether oxygens (including phenoxy) is 1. The quantitative estimate of drug-likeness (QED) is 0.785. The molecule has 0 spiro atoms. The Hall–Kier alpha value is -2.82. The molecule has 0 fully saturated rings. The molecular weight excluding hydrogens is 287 g/mol. The van der Waals surface area contributed by atoms with Crippen molar-refractivity contribution in [1.29, 1.82) is 0 Å². The molecule has 3 rings (SSSR count). The van der Waals surface area contributed by atoms with Crippen LogP contribution in [0.15, 0.2) is 40.8 Å². The molecule has 112 valence electrons. The molecule has 0 aliphatic heterocycles. The van der Waals surface area contributed by atoms with Gasteiger partial charge in [-0.15, -0.1) is 0 Å². The number of fused-ring (bicyclic) bond motifs is 1. The SMILES string of the molecule is COc1ccc(-c2oc3ccc(C(=O)O)c(C)c3c2F)cc1. The number of carboxylic acid groups (broad SMARTS) is 1. The third kappa shape index (κ3) is 2.11. The zero-order valence-electron chi connectivity index (χ0n) is 12.0. The van der Waals surface area contributed by atoms with E-state index in [2.05, 4.69) is 0 Å². The fourth-order valence-corrected chi connectivity index (χ4v) is 2.47. The molecule has 0 atom stereocenters. The standard InChI is InChI=1S/C17H13FO4/c1-9-12(17(19)20)7-8-13-14(9)15(18)16(22-13)10-3-5-11(21-2)6-4-10/h3-8H,1-2H3,(H,19,20). The maximum atomic E-state index is 14.7. The van der Waals surface area contributed by atoms with E-state index in [9.17, 15) is 9.18 Å². The summed E-state index contributed by atoms with van der Waals surface area (Å²) in [6, 6.07) is 9.68. The van der Waals surface area contributed by atoms with Gasteiger partial charge in [0.25, 0.3) is 0 Å². The van der Waals surface area contributed by atoms with Gasteiger partial charge < -0.3 is 14.3 Å². The van der Waals surface area contributed by atoms with Crippen molar-refractivity contribution in [2.75, 3.05) is 7.11 Å². The highest BCUT2D eigenvalue weighted by Gasteiger charge is 2.20. The number of hydrogen-bond donors (Lipinski definition) is 1. The Morgan fingerprint density at radius 3 is 2.45 bits per heavy atom. The topological polar surface area (TPSA) is 59.7 Å². The van der Waals surface area contributed by atoms with Crippen LogP contribution in [-0.4, -0.2) is 18.2 Å². The minimum atomic E-state index is -1.09. The number of methoxy groups -OCH3 is 1. The number of carbonyl (C=O) groups is 1. The molecule has 0 saturated carbocycles. The highest BCUT2D eigenvalue weighted by Crippen LogP contribution is 2.35. The van der Waals surface area contributed by atoms with Crippen LogP contribution in [0.1, 0.15) is 15.9 Å². The van der Waals surface area contributed by atoms with Crippen molar-refractivity contribution in [3.05, 3.63) is 53.3 Å². The molecular formula is C17H13FO4. The molecule has 22 heavy (non-hydrogen) atoms. The van der Waals surface area contributed by atoms with E-state index < -0.39 is 11.8 Å². The van der Waals surface area contributed by atoms with E-state index in [1.165, 1.54) is 12.1 Å². The lowest BCUT2D eigenvalue weighted by Crippen LogP contribution is -1.99. The van der Waals surface area contributed by atoms with Crippen molar-refractivity contribution in [2.45, 2.75) is 6.92 Å². The predicted molar refractivity (Wildman–Crippen MR) is 79.9 cm³/mol. The summed E-state index contributed by atoms with van der Waals surface area (Å²) >= 11 is 0. The average molecular weight is 300 g/mol. The predicted octanol–water partition coefficient (Wildman–Crippen LogP) is 4.25.